The molecule has 0 atom stereocenters. The second kappa shape index (κ2) is 8.35. The van der Waals surface area contributed by atoms with Crippen LogP contribution < -0.4 is 4.74 Å². The van der Waals surface area contributed by atoms with Gasteiger partial charge in [0.2, 0.25) is 5.88 Å². The molecule has 2 rings (SSSR count). The number of aromatic nitrogens is 1. The lowest BCUT2D eigenvalue weighted by Gasteiger charge is -2.06. The fourth-order valence-electron chi connectivity index (χ4n) is 1.47. The molecule has 9 heteroatoms. The van der Waals surface area contributed by atoms with Gasteiger partial charge >= 0.3 is 5.97 Å². The average molecular weight is 406 g/mol. The number of nitrogens with zero attached hydrogens (tertiary/aromatic N) is 2. The summed E-state index contributed by atoms with van der Waals surface area (Å²) in [6, 6.07) is 7.98. The van der Waals surface area contributed by atoms with Gasteiger partial charge in [-0.25, -0.2) is 9.78 Å². The Labute approximate surface area is 157 Å². The highest BCUT2D eigenvalue weighted by Gasteiger charge is 2.08. The molecule has 1 heterocycles. The van der Waals surface area contributed by atoms with Crippen molar-refractivity contribution in [2.45, 2.75) is 0 Å². The van der Waals surface area contributed by atoms with Gasteiger partial charge in [-0.05, 0) is 24.3 Å². The summed E-state index contributed by atoms with van der Waals surface area (Å²) in [6.07, 6.45) is 2.53. The van der Waals surface area contributed by atoms with Crippen molar-refractivity contribution in [2.24, 2.45) is 4.99 Å². The maximum Gasteiger partial charge on any atom is 0.348 e. The number of aliphatic imine (C=N–C) groups is 1. The fourth-order valence-corrected chi connectivity index (χ4v) is 2.10. The van der Waals surface area contributed by atoms with Crippen LogP contribution >= 0.6 is 46.4 Å². The Morgan fingerprint density at radius 3 is 2.54 bits per heavy atom. The molecule has 124 valence electrons. The van der Waals surface area contributed by atoms with Crippen LogP contribution in [0.3, 0.4) is 0 Å². The van der Waals surface area contributed by atoms with E-state index in [2.05, 4.69) is 9.98 Å². The van der Waals surface area contributed by atoms with Crippen molar-refractivity contribution in [1.29, 1.82) is 0 Å². The maximum absolute atomic E-state index is 10.6. The Kier molecular flexibility index (Phi) is 6.45. The summed E-state index contributed by atoms with van der Waals surface area (Å²) < 4.78 is 5.53. The Hall–Kier alpha value is -1.79. The van der Waals surface area contributed by atoms with Gasteiger partial charge in [-0.2, -0.15) is 0 Å². The highest BCUT2D eigenvalue weighted by molar-refractivity contribution is 6.51. The number of halogens is 4. The lowest BCUT2D eigenvalue weighted by Crippen LogP contribution is -1.96. The molecule has 0 aliphatic heterocycles. The van der Waals surface area contributed by atoms with E-state index in [1.54, 1.807) is 30.3 Å². The van der Waals surface area contributed by atoms with Gasteiger partial charge in [0.1, 0.15) is 10.8 Å². The Bertz CT molecular complexity index is 820. The SMILES string of the molecule is O=C(O)/C(Cl)=C(\Cl)C=Nc1ccc(Oc2ccc(Cl)cc2Cl)nc1. The van der Waals surface area contributed by atoms with Crippen LogP contribution in [0, 0.1) is 0 Å². The van der Waals surface area contributed by atoms with Gasteiger partial charge in [-0.3, -0.25) is 4.99 Å². The molecule has 0 aliphatic rings. The standard InChI is InChI=1S/C15H8Cl4N2O3/c16-8-1-3-12(10(17)5-8)24-13-4-2-9(6-21-13)20-7-11(18)14(19)15(22)23/h1-7H,(H,22,23)/b14-11+,20-7?. The van der Waals surface area contributed by atoms with E-state index in [-0.39, 0.29) is 5.03 Å². The summed E-state index contributed by atoms with van der Waals surface area (Å²) >= 11 is 23.0. The van der Waals surface area contributed by atoms with E-state index in [4.69, 9.17) is 56.2 Å². The van der Waals surface area contributed by atoms with Gasteiger partial charge in [-0.1, -0.05) is 46.4 Å². The molecule has 0 spiro atoms. The summed E-state index contributed by atoms with van der Waals surface area (Å²) in [5.74, 6) is -0.637. The van der Waals surface area contributed by atoms with Crippen LogP contribution in [0.15, 0.2) is 51.6 Å². The van der Waals surface area contributed by atoms with E-state index in [0.29, 0.717) is 27.4 Å². The topological polar surface area (TPSA) is 71.8 Å². The summed E-state index contributed by atoms with van der Waals surface area (Å²) in [6.45, 7) is 0. The quantitative estimate of drug-likeness (QED) is 0.514. The van der Waals surface area contributed by atoms with Gasteiger partial charge in [0.15, 0.2) is 0 Å². The third-order valence-corrected chi connectivity index (χ3v) is 3.83. The van der Waals surface area contributed by atoms with Crippen LogP contribution in [0.1, 0.15) is 0 Å². The monoisotopic (exact) mass is 404 g/mol. The molecule has 5 nitrogen and oxygen atoms in total. The van der Waals surface area contributed by atoms with Gasteiger partial charge in [-0.15, -0.1) is 0 Å². The molecule has 0 amide bonds. The van der Waals surface area contributed by atoms with Gasteiger partial charge in [0.25, 0.3) is 0 Å². The van der Waals surface area contributed by atoms with Crippen molar-refractivity contribution in [1.82, 2.24) is 4.98 Å². The number of rotatable bonds is 5. The highest BCUT2D eigenvalue weighted by atomic mass is 35.5. The summed E-state index contributed by atoms with van der Waals surface area (Å²) in [5.41, 5.74) is 0.428. The normalized spacial score (nSPS) is 12.2. The van der Waals surface area contributed by atoms with Crippen molar-refractivity contribution in [2.75, 3.05) is 0 Å². The van der Waals surface area contributed by atoms with E-state index in [0.717, 1.165) is 6.21 Å². The Morgan fingerprint density at radius 1 is 1.21 bits per heavy atom. The molecule has 0 aliphatic carbocycles. The van der Waals surface area contributed by atoms with Crippen LogP contribution in [-0.4, -0.2) is 22.3 Å². The number of ether oxygens (including phenoxy) is 1. The molecule has 0 fully saturated rings. The lowest BCUT2D eigenvalue weighted by atomic mass is 10.3. The van der Waals surface area contributed by atoms with Crippen molar-refractivity contribution < 1.29 is 14.6 Å². The molecular weight excluding hydrogens is 398 g/mol. The highest BCUT2D eigenvalue weighted by Crippen LogP contribution is 2.31. The smallest absolute Gasteiger partial charge is 0.348 e. The minimum Gasteiger partial charge on any atom is -0.477 e. The number of carboxylic acid groups (broad SMARTS) is 1. The summed E-state index contributed by atoms with van der Waals surface area (Å²) in [4.78, 5) is 18.7. The Balaban J connectivity index is 2.11. The predicted octanol–water partition coefficient (Wildman–Crippen LogP) is 5.66. The molecular formula is C15H8Cl4N2O3. The number of benzene rings is 1. The van der Waals surface area contributed by atoms with Gasteiger partial charge < -0.3 is 9.84 Å². The molecule has 0 bridgehead atoms. The second-order valence-electron chi connectivity index (χ2n) is 4.26. The minimum atomic E-state index is -1.34. The third kappa shape index (κ3) is 5.11. The second-order valence-corrected chi connectivity index (χ2v) is 5.89. The zero-order chi connectivity index (χ0) is 17.7. The van der Waals surface area contributed by atoms with Crippen molar-refractivity contribution in [3.8, 4) is 11.6 Å². The largest absolute Gasteiger partial charge is 0.477 e. The molecule has 2 aromatic rings. The first-order valence-electron chi connectivity index (χ1n) is 6.28. The molecule has 0 radical (unpaired) electrons. The van der Waals surface area contributed by atoms with Gasteiger partial charge in [0.05, 0.1) is 21.9 Å². The van der Waals surface area contributed by atoms with E-state index in [1.165, 1.54) is 6.20 Å². The number of carbonyl (C=O) groups is 1. The number of hydrogen-bond acceptors (Lipinski definition) is 4. The first-order chi connectivity index (χ1) is 11.4. The Morgan fingerprint density at radius 2 is 1.96 bits per heavy atom. The van der Waals surface area contributed by atoms with E-state index >= 15 is 0 Å². The zero-order valence-electron chi connectivity index (χ0n) is 11.7. The molecule has 0 unspecified atom stereocenters. The fraction of sp³-hybridized carbons (Fsp3) is 0. The number of carboxylic acids is 1. The van der Waals surface area contributed by atoms with Crippen LogP contribution in [0.4, 0.5) is 5.69 Å². The lowest BCUT2D eigenvalue weighted by molar-refractivity contribution is -0.131. The van der Waals surface area contributed by atoms with Crippen LogP contribution in [0.5, 0.6) is 11.6 Å². The van der Waals surface area contributed by atoms with Crippen molar-refractivity contribution in [3.63, 3.8) is 0 Å². The third-order valence-electron chi connectivity index (χ3n) is 2.55. The molecule has 1 aromatic heterocycles. The number of aliphatic carboxylic acids is 1. The summed E-state index contributed by atoms with van der Waals surface area (Å²) in [5, 5.41) is 8.81. The van der Waals surface area contributed by atoms with Crippen LogP contribution in [-0.2, 0) is 4.79 Å². The first kappa shape index (κ1) is 18.5. The van der Waals surface area contributed by atoms with E-state index in [1.807, 2.05) is 0 Å². The van der Waals surface area contributed by atoms with Crippen molar-refractivity contribution >= 4 is 64.3 Å². The van der Waals surface area contributed by atoms with E-state index in [9.17, 15) is 4.79 Å². The van der Waals surface area contributed by atoms with Crippen LogP contribution in [0.25, 0.3) is 0 Å². The molecule has 1 aromatic carbocycles. The molecule has 0 saturated heterocycles. The summed E-state index contributed by atoms with van der Waals surface area (Å²) in [7, 11) is 0. The number of pyridine rings is 1. The average Bonchev–Trinajstić information content (AvgIpc) is 2.55. The van der Waals surface area contributed by atoms with Crippen molar-refractivity contribution in [3.05, 3.63) is 56.6 Å². The van der Waals surface area contributed by atoms with Gasteiger partial charge in [0, 0.05) is 17.3 Å². The number of allylic oxidation sites excluding steroid dienone is 1. The molecule has 0 saturated carbocycles. The number of hydrogen-bond donors (Lipinski definition) is 1. The first-order valence-corrected chi connectivity index (χ1v) is 7.79. The maximum atomic E-state index is 10.6. The predicted molar refractivity (Wildman–Crippen MR) is 95.3 cm³/mol. The molecule has 24 heavy (non-hydrogen) atoms. The van der Waals surface area contributed by atoms with Crippen LogP contribution in [0.2, 0.25) is 10.0 Å². The molecule has 1 N–H and O–H groups in total. The van der Waals surface area contributed by atoms with E-state index < -0.39 is 11.0 Å². The minimum absolute atomic E-state index is 0.197. The zero-order valence-corrected chi connectivity index (χ0v) is 14.7.